The maximum atomic E-state index is 14.1. The highest BCUT2D eigenvalue weighted by Gasteiger charge is 2.42. The lowest BCUT2D eigenvalue weighted by molar-refractivity contribution is 0.150. The number of halogens is 2. The lowest BCUT2D eigenvalue weighted by Crippen LogP contribution is -2.06. The van der Waals surface area contributed by atoms with Crippen LogP contribution in [0, 0.1) is 5.82 Å². The Hall–Kier alpha value is -1.39. The molecule has 2 aromatic rings. The zero-order chi connectivity index (χ0) is 14.2. The van der Waals surface area contributed by atoms with Crippen molar-refractivity contribution >= 4 is 15.9 Å². The van der Waals surface area contributed by atoms with Crippen molar-refractivity contribution in [2.24, 2.45) is 0 Å². The first kappa shape index (κ1) is 13.6. The van der Waals surface area contributed by atoms with E-state index in [2.05, 4.69) is 15.9 Å². The fourth-order valence-corrected chi connectivity index (χ4v) is 2.65. The number of hydrogen-bond acceptors (Lipinski definition) is 2. The number of ether oxygens (including phenoxy) is 1. The zero-order valence-corrected chi connectivity index (χ0v) is 12.4. The van der Waals surface area contributed by atoms with Crippen molar-refractivity contribution in [3.8, 4) is 5.75 Å². The van der Waals surface area contributed by atoms with Crippen molar-refractivity contribution in [3.63, 3.8) is 0 Å². The molecule has 1 aliphatic rings. The molecule has 1 N–H and O–H groups in total. The van der Waals surface area contributed by atoms with Crippen LogP contribution >= 0.6 is 15.9 Å². The van der Waals surface area contributed by atoms with Crippen LogP contribution in [-0.4, -0.2) is 5.11 Å². The average Bonchev–Trinajstić information content (AvgIpc) is 3.18. The third-order valence-corrected chi connectivity index (χ3v) is 4.07. The van der Waals surface area contributed by atoms with Gasteiger partial charge in [0.2, 0.25) is 0 Å². The largest absolute Gasteiger partial charge is 0.485 e. The first-order chi connectivity index (χ1) is 9.58. The minimum atomic E-state index is -0.846. The molecule has 0 amide bonds. The van der Waals surface area contributed by atoms with E-state index in [1.807, 2.05) is 30.3 Å². The molecule has 1 aliphatic carbocycles. The molecule has 3 rings (SSSR count). The monoisotopic (exact) mass is 336 g/mol. The SMILES string of the molecule is OC1(c2cc(F)c(OCc3ccccc3)c(Br)c2)CC1. The standard InChI is InChI=1S/C16H14BrFO2/c17-13-8-12(16(19)6-7-16)9-14(18)15(13)20-10-11-4-2-1-3-5-11/h1-5,8-9,19H,6-7,10H2. The summed E-state index contributed by atoms with van der Waals surface area (Å²) < 4.78 is 20.2. The molecule has 0 heterocycles. The number of aliphatic hydroxyl groups is 1. The summed E-state index contributed by atoms with van der Waals surface area (Å²) in [5.41, 5.74) is 0.735. The van der Waals surface area contributed by atoms with Gasteiger partial charge in [-0.25, -0.2) is 4.39 Å². The van der Waals surface area contributed by atoms with E-state index in [9.17, 15) is 9.50 Å². The van der Waals surface area contributed by atoms with Gasteiger partial charge in [-0.3, -0.25) is 0 Å². The summed E-state index contributed by atoms with van der Waals surface area (Å²) in [5.74, 6) is -0.271. The number of rotatable bonds is 4. The Balaban J connectivity index is 1.80. The second kappa shape index (κ2) is 5.19. The van der Waals surface area contributed by atoms with Crippen LogP contribution in [0.25, 0.3) is 0 Å². The molecule has 2 aromatic carbocycles. The summed E-state index contributed by atoms with van der Waals surface area (Å²) >= 11 is 3.32. The lowest BCUT2D eigenvalue weighted by atomic mass is 10.1. The summed E-state index contributed by atoms with van der Waals surface area (Å²) in [7, 11) is 0. The summed E-state index contributed by atoms with van der Waals surface area (Å²) in [5, 5.41) is 10.0. The van der Waals surface area contributed by atoms with Crippen LogP contribution in [0.15, 0.2) is 46.9 Å². The van der Waals surface area contributed by atoms with E-state index in [0.717, 1.165) is 5.56 Å². The van der Waals surface area contributed by atoms with Gasteiger partial charge in [-0.05, 0) is 52.0 Å². The van der Waals surface area contributed by atoms with Gasteiger partial charge in [0, 0.05) is 0 Å². The zero-order valence-electron chi connectivity index (χ0n) is 10.8. The molecule has 1 saturated carbocycles. The van der Waals surface area contributed by atoms with Crippen molar-refractivity contribution in [1.82, 2.24) is 0 Å². The van der Waals surface area contributed by atoms with Crippen molar-refractivity contribution in [1.29, 1.82) is 0 Å². The van der Waals surface area contributed by atoms with Crippen LogP contribution in [0.4, 0.5) is 4.39 Å². The smallest absolute Gasteiger partial charge is 0.169 e. The van der Waals surface area contributed by atoms with Gasteiger partial charge in [-0.2, -0.15) is 0 Å². The van der Waals surface area contributed by atoms with Gasteiger partial charge in [-0.15, -0.1) is 0 Å². The Labute approximate surface area is 125 Å². The molecule has 0 aliphatic heterocycles. The van der Waals surface area contributed by atoms with E-state index in [1.165, 1.54) is 6.07 Å². The van der Waals surface area contributed by atoms with Crippen LogP contribution in [0.1, 0.15) is 24.0 Å². The highest BCUT2D eigenvalue weighted by molar-refractivity contribution is 9.10. The Kier molecular flexibility index (Phi) is 3.52. The molecule has 0 radical (unpaired) electrons. The van der Waals surface area contributed by atoms with Gasteiger partial charge < -0.3 is 9.84 Å². The Morgan fingerprint density at radius 2 is 1.90 bits per heavy atom. The van der Waals surface area contributed by atoms with Gasteiger partial charge in [0.25, 0.3) is 0 Å². The van der Waals surface area contributed by atoms with Crippen molar-refractivity contribution in [2.45, 2.75) is 25.0 Å². The van der Waals surface area contributed by atoms with E-state index in [1.54, 1.807) is 6.07 Å². The Morgan fingerprint density at radius 1 is 1.20 bits per heavy atom. The van der Waals surface area contributed by atoms with E-state index in [0.29, 0.717) is 29.5 Å². The van der Waals surface area contributed by atoms with Gasteiger partial charge in [0.1, 0.15) is 6.61 Å². The molecule has 104 valence electrons. The van der Waals surface area contributed by atoms with Gasteiger partial charge >= 0.3 is 0 Å². The summed E-state index contributed by atoms with van der Waals surface area (Å²) in [6.07, 6.45) is 1.37. The van der Waals surface area contributed by atoms with Crippen molar-refractivity contribution in [2.75, 3.05) is 0 Å². The lowest BCUT2D eigenvalue weighted by Gasteiger charge is -2.13. The third-order valence-electron chi connectivity index (χ3n) is 3.49. The maximum Gasteiger partial charge on any atom is 0.169 e. The molecule has 2 nitrogen and oxygen atoms in total. The highest BCUT2D eigenvalue weighted by Crippen LogP contribution is 2.47. The van der Waals surface area contributed by atoms with Gasteiger partial charge in [-0.1, -0.05) is 30.3 Å². The fraction of sp³-hybridized carbons (Fsp3) is 0.250. The highest BCUT2D eigenvalue weighted by atomic mass is 79.9. The second-order valence-electron chi connectivity index (χ2n) is 5.07. The van der Waals surface area contributed by atoms with Crippen molar-refractivity contribution in [3.05, 3.63) is 63.9 Å². The normalized spacial score (nSPS) is 15.9. The van der Waals surface area contributed by atoms with E-state index >= 15 is 0 Å². The second-order valence-corrected chi connectivity index (χ2v) is 5.93. The van der Waals surface area contributed by atoms with Gasteiger partial charge in [0.15, 0.2) is 11.6 Å². The molecule has 0 aromatic heterocycles. The van der Waals surface area contributed by atoms with E-state index in [-0.39, 0.29) is 5.75 Å². The summed E-state index contributed by atoms with van der Waals surface area (Å²) in [6.45, 7) is 0.306. The maximum absolute atomic E-state index is 14.1. The minimum Gasteiger partial charge on any atom is -0.485 e. The average molecular weight is 337 g/mol. The Bertz CT molecular complexity index is 601. The van der Waals surface area contributed by atoms with Crippen LogP contribution in [0.5, 0.6) is 5.75 Å². The van der Waals surface area contributed by atoms with Crippen LogP contribution in [0.2, 0.25) is 0 Å². The predicted molar refractivity (Wildman–Crippen MR) is 78.0 cm³/mol. The van der Waals surface area contributed by atoms with Gasteiger partial charge in [0.05, 0.1) is 10.1 Å². The molecular weight excluding hydrogens is 323 g/mol. The van der Waals surface area contributed by atoms with Crippen LogP contribution < -0.4 is 4.74 Å². The van der Waals surface area contributed by atoms with E-state index in [4.69, 9.17) is 4.74 Å². The molecular formula is C16H14BrFO2. The summed E-state index contributed by atoms with van der Waals surface area (Å²) in [4.78, 5) is 0. The number of hydrogen-bond donors (Lipinski definition) is 1. The quantitative estimate of drug-likeness (QED) is 0.908. The molecule has 1 fully saturated rings. The molecule has 0 spiro atoms. The molecule has 4 heteroatoms. The molecule has 0 unspecified atom stereocenters. The first-order valence-corrected chi connectivity index (χ1v) is 7.26. The molecule has 20 heavy (non-hydrogen) atoms. The summed E-state index contributed by atoms with van der Waals surface area (Å²) in [6, 6.07) is 12.7. The fourth-order valence-electron chi connectivity index (χ4n) is 2.10. The van der Waals surface area contributed by atoms with Crippen molar-refractivity contribution < 1.29 is 14.2 Å². The number of benzene rings is 2. The van der Waals surface area contributed by atoms with Crippen LogP contribution in [-0.2, 0) is 12.2 Å². The minimum absolute atomic E-state index is 0.182. The Morgan fingerprint density at radius 3 is 2.50 bits per heavy atom. The molecule has 0 bridgehead atoms. The van der Waals surface area contributed by atoms with Crippen LogP contribution in [0.3, 0.4) is 0 Å². The first-order valence-electron chi connectivity index (χ1n) is 6.47. The topological polar surface area (TPSA) is 29.5 Å². The molecule has 0 saturated heterocycles. The third kappa shape index (κ3) is 2.72. The predicted octanol–water partition coefficient (Wildman–Crippen LogP) is 4.15. The molecule has 0 atom stereocenters. The van der Waals surface area contributed by atoms with E-state index < -0.39 is 11.4 Å².